The minimum Gasteiger partial charge on any atom is -0.481 e. The van der Waals surface area contributed by atoms with E-state index in [0.29, 0.717) is 6.42 Å². The molecule has 2 heterocycles. The molecule has 1 fully saturated rings. The van der Waals surface area contributed by atoms with Crippen LogP contribution in [0.1, 0.15) is 40.9 Å². The van der Waals surface area contributed by atoms with Crippen LogP contribution in [-0.4, -0.2) is 22.7 Å². The molecular weight excluding hydrogens is 226 g/mol. The maximum absolute atomic E-state index is 10.5. The molecule has 1 aromatic rings. The van der Waals surface area contributed by atoms with E-state index in [1.54, 1.807) is 11.3 Å². The van der Waals surface area contributed by atoms with E-state index in [-0.39, 0.29) is 12.5 Å². The molecule has 16 heavy (non-hydrogen) atoms. The highest BCUT2D eigenvalue weighted by atomic mass is 32.1. The number of rotatable bonds is 4. The van der Waals surface area contributed by atoms with Crippen LogP contribution >= 0.6 is 11.3 Å². The summed E-state index contributed by atoms with van der Waals surface area (Å²) < 4.78 is 5.59. The van der Waals surface area contributed by atoms with Crippen molar-refractivity contribution in [2.45, 2.75) is 38.7 Å². The summed E-state index contributed by atoms with van der Waals surface area (Å²) in [6, 6.07) is 0. The number of aliphatic carboxylic acids is 1. The van der Waals surface area contributed by atoms with E-state index in [4.69, 9.17) is 9.84 Å². The number of nitrogens with zero attached hydrogens (tertiary/aromatic N) is 1. The quantitative estimate of drug-likeness (QED) is 0.878. The molecule has 0 saturated carbocycles. The molecule has 1 aliphatic rings. The Bertz CT molecular complexity index is 383. The van der Waals surface area contributed by atoms with Crippen molar-refractivity contribution < 1.29 is 14.6 Å². The molecule has 0 aromatic carbocycles. The molecular formula is C11H15NO3S. The zero-order chi connectivity index (χ0) is 11.5. The van der Waals surface area contributed by atoms with Gasteiger partial charge in [-0.25, -0.2) is 4.98 Å². The van der Waals surface area contributed by atoms with E-state index in [2.05, 4.69) is 4.98 Å². The lowest BCUT2D eigenvalue weighted by atomic mass is 10.2. The second-order valence-corrected chi connectivity index (χ2v) is 5.23. The fourth-order valence-corrected chi connectivity index (χ4v) is 2.86. The predicted octanol–water partition coefficient (Wildman–Crippen LogP) is 2.32. The van der Waals surface area contributed by atoms with Crippen LogP contribution in [0, 0.1) is 6.92 Å². The standard InChI is InChI=1S/C11H15NO3S/c1-7-11(8-3-2-6-15-8)12-9(16-7)4-5-10(13)14/h8H,2-6H2,1H3,(H,13,14). The van der Waals surface area contributed by atoms with Crippen LogP contribution in [-0.2, 0) is 16.0 Å². The Balaban J connectivity index is 2.05. The van der Waals surface area contributed by atoms with Gasteiger partial charge < -0.3 is 9.84 Å². The molecule has 0 aliphatic carbocycles. The Morgan fingerprint density at radius 2 is 2.50 bits per heavy atom. The van der Waals surface area contributed by atoms with Crippen LogP contribution in [0.25, 0.3) is 0 Å². The van der Waals surface area contributed by atoms with E-state index in [0.717, 1.165) is 35.0 Å². The summed E-state index contributed by atoms with van der Waals surface area (Å²) in [7, 11) is 0. The van der Waals surface area contributed by atoms with Gasteiger partial charge in [-0.2, -0.15) is 0 Å². The first-order valence-corrected chi connectivity index (χ1v) is 6.28. The molecule has 1 saturated heterocycles. The lowest BCUT2D eigenvalue weighted by Crippen LogP contribution is -2.00. The number of aromatic nitrogens is 1. The van der Waals surface area contributed by atoms with Crippen molar-refractivity contribution >= 4 is 17.3 Å². The number of carbonyl (C=O) groups is 1. The molecule has 0 radical (unpaired) electrons. The molecule has 1 aromatic heterocycles. The van der Waals surface area contributed by atoms with Crippen molar-refractivity contribution in [1.82, 2.24) is 4.98 Å². The third-order valence-corrected chi connectivity index (χ3v) is 3.71. The van der Waals surface area contributed by atoms with Gasteiger partial charge in [-0.3, -0.25) is 4.79 Å². The summed E-state index contributed by atoms with van der Waals surface area (Å²) in [4.78, 5) is 16.1. The van der Waals surface area contributed by atoms with Crippen molar-refractivity contribution in [2.24, 2.45) is 0 Å². The van der Waals surface area contributed by atoms with Gasteiger partial charge in [0.15, 0.2) is 0 Å². The SMILES string of the molecule is Cc1sc(CCC(=O)O)nc1C1CCCO1. The van der Waals surface area contributed by atoms with Gasteiger partial charge in [0.25, 0.3) is 0 Å². The zero-order valence-electron chi connectivity index (χ0n) is 9.23. The monoisotopic (exact) mass is 241 g/mol. The van der Waals surface area contributed by atoms with Gasteiger partial charge in [0.2, 0.25) is 0 Å². The van der Waals surface area contributed by atoms with Gasteiger partial charge in [-0.1, -0.05) is 0 Å². The van der Waals surface area contributed by atoms with Crippen LogP contribution in [0.3, 0.4) is 0 Å². The molecule has 5 heteroatoms. The Labute approximate surface area is 98.3 Å². The van der Waals surface area contributed by atoms with Crippen molar-refractivity contribution in [2.75, 3.05) is 6.61 Å². The Morgan fingerprint density at radius 3 is 3.12 bits per heavy atom. The Kier molecular flexibility index (Phi) is 3.56. The number of thiazole rings is 1. The molecule has 88 valence electrons. The maximum atomic E-state index is 10.5. The molecule has 0 bridgehead atoms. The third-order valence-electron chi connectivity index (χ3n) is 2.66. The van der Waals surface area contributed by atoms with Crippen LogP contribution in [0.2, 0.25) is 0 Å². The number of ether oxygens (including phenoxy) is 1. The number of carboxylic acids is 1. The third kappa shape index (κ3) is 2.59. The molecule has 1 N–H and O–H groups in total. The highest BCUT2D eigenvalue weighted by molar-refractivity contribution is 7.11. The first kappa shape index (κ1) is 11.5. The number of carboxylic acid groups (broad SMARTS) is 1. The summed E-state index contributed by atoms with van der Waals surface area (Å²) in [6.45, 7) is 2.84. The smallest absolute Gasteiger partial charge is 0.303 e. The normalized spacial score (nSPS) is 20.2. The van der Waals surface area contributed by atoms with E-state index >= 15 is 0 Å². The second-order valence-electron chi connectivity index (χ2n) is 3.94. The topological polar surface area (TPSA) is 59.4 Å². The largest absolute Gasteiger partial charge is 0.481 e. The molecule has 0 amide bonds. The predicted molar refractivity (Wildman–Crippen MR) is 60.7 cm³/mol. The van der Waals surface area contributed by atoms with Crippen molar-refractivity contribution in [3.8, 4) is 0 Å². The average molecular weight is 241 g/mol. The number of aryl methyl sites for hydroxylation is 2. The van der Waals surface area contributed by atoms with Gasteiger partial charge >= 0.3 is 5.97 Å². The first-order valence-electron chi connectivity index (χ1n) is 5.46. The fraction of sp³-hybridized carbons (Fsp3) is 0.636. The lowest BCUT2D eigenvalue weighted by molar-refractivity contribution is -0.136. The summed E-state index contributed by atoms with van der Waals surface area (Å²) in [5.74, 6) is -0.772. The summed E-state index contributed by atoms with van der Waals surface area (Å²) in [6.07, 6.45) is 2.93. The molecule has 2 rings (SSSR count). The van der Waals surface area contributed by atoms with Crippen LogP contribution < -0.4 is 0 Å². The lowest BCUT2D eigenvalue weighted by Gasteiger charge is -2.06. The van der Waals surface area contributed by atoms with Crippen LogP contribution in [0.4, 0.5) is 0 Å². The fourth-order valence-electron chi connectivity index (χ4n) is 1.88. The average Bonchev–Trinajstić information content (AvgIpc) is 2.83. The minimum absolute atomic E-state index is 0.134. The van der Waals surface area contributed by atoms with E-state index in [1.165, 1.54) is 0 Å². The van der Waals surface area contributed by atoms with Crippen molar-refractivity contribution in [3.05, 3.63) is 15.6 Å². The summed E-state index contributed by atoms with van der Waals surface area (Å²) in [5, 5.41) is 9.52. The Morgan fingerprint density at radius 1 is 1.69 bits per heavy atom. The molecule has 1 aliphatic heterocycles. The van der Waals surface area contributed by atoms with Crippen LogP contribution in [0.5, 0.6) is 0 Å². The van der Waals surface area contributed by atoms with Gasteiger partial charge in [0.05, 0.1) is 17.1 Å². The molecule has 0 spiro atoms. The zero-order valence-corrected chi connectivity index (χ0v) is 10.0. The molecule has 1 unspecified atom stereocenters. The maximum Gasteiger partial charge on any atom is 0.303 e. The van der Waals surface area contributed by atoms with E-state index in [1.807, 2.05) is 6.92 Å². The number of hydrogen-bond acceptors (Lipinski definition) is 4. The second kappa shape index (κ2) is 4.93. The van der Waals surface area contributed by atoms with E-state index < -0.39 is 5.97 Å². The van der Waals surface area contributed by atoms with Crippen molar-refractivity contribution in [1.29, 1.82) is 0 Å². The minimum atomic E-state index is -0.772. The Hall–Kier alpha value is -0.940. The van der Waals surface area contributed by atoms with Gasteiger partial charge in [-0.15, -0.1) is 11.3 Å². The number of hydrogen-bond donors (Lipinski definition) is 1. The summed E-state index contributed by atoms with van der Waals surface area (Å²) in [5.41, 5.74) is 1.02. The molecule has 1 atom stereocenters. The molecule has 4 nitrogen and oxygen atoms in total. The van der Waals surface area contributed by atoms with Crippen molar-refractivity contribution in [3.63, 3.8) is 0 Å². The first-order chi connectivity index (χ1) is 7.66. The van der Waals surface area contributed by atoms with Gasteiger partial charge in [0.1, 0.15) is 6.10 Å². The highest BCUT2D eigenvalue weighted by Crippen LogP contribution is 2.32. The van der Waals surface area contributed by atoms with E-state index in [9.17, 15) is 4.79 Å². The highest BCUT2D eigenvalue weighted by Gasteiger charge is 2.23. The summed E-state index contributed by atoms with van der Waals surface area (Å²) >= 11 is 1.59. The van der Waals surface area contributed by atoms with Gasteiger partial charge in [0, 0.05) is 17.9 Å². The van der Waals surface area contributed by atoms with Gasteiger partial charge in [-0.05, 0) is 19.8 Å². The van der Waals surface area contributed by atoms with Crippen LogP contribution in [0.15, 0.2) is 0 Å².